The Morgan fingerprint density at radius 1 is 1.21 bits per heavy atom. The van der Waals surface area contributed by atoms with Crippen LogP contribution in [0, 0.1) is 5.92 Å². The highest BCUT2D eigenvalue weighted by atomic mass is 19.4. The van der Waals surface area contributed by atoms with Gasteiger partial charge in [0.2, 0.25) is 5.91 Å². The monoisotopic (exact) mass is 279 g/mol. The first-order valence-corrected chi connectivity index (χ1v) is 6.74. The number of piperazine rings is 1. The topological polar surface area (TPSA) is 35.6 Å². The predicted molar refractivity (Wildman–Crippen MR) is 64.7 cm³/mol. The van der Waals surface area contributed by atoms with Gasteiger partial charge in [-0.05, 0) is 12.8 Å². The first-order chi connectivity index (χ1) is 8.97. The Kier molecular flexibility index (Phi) is 4.67. The van der Waals surface area contributed by atoms with E-state index >= 15 is 0 Å². The Morgan fingerprint density at radius 3 is 2.53 bits per heavy atom. The van der Waals surface area contributed by atoms with Gasteiger partial charge in [0, 0.05) is 39.3 Å². The third-order valence-corrected chi connectivity index (χ3v) is 3.81. The minimum atomic E-state index is -4.19. The summed E-state index contributed by atoms with van der Waals surface area (Å²) < 4.78 is 38.0. The van der Waals surface area contributed by atoms with Crippen molar-refractivity contribution < 1.29 is 18.0 Å². The first kappa shape index (κ1) is 14.6. The molecule has 1 amide bonds. The van der Waals surface area contributed by atoms with Crippen molar-refractivity contribution in [2.24, 2.45) is 5.92 Å². The molecule has 0 bridgehead atoms. The second-order valence-corrected chi connectivity index (χ2v) is 5.25. The SMILES string of the molecule is O=C(CN1CCNCC1)N1CCCC(C(F)(F)F)C1. The summed E-state index contributed by atoms with van der Waals surface area (Å²) in [5.41, 5.74) is 0. The molecule has 2 heterocycles. The molecule has 1 atom stereocenters. The standard InChI is InChI=1S/C12H20F3N3O/c13-12(14,15)10-2-1-5-18(8-10)11(19)9-17-6-3-16-4-7-17/h10,16H,1-9H2. The third-order valence-electron chi connectivity index (χ3n) is 3.81. The van der Waals surface area contributed by atoms with Crippen molar-refractivity contribution in [1.82, 2.24) is 15.1 Å². The molecule has 0 aliphatic carbocycles. The lowest BCUT2D eigenvalue weighted by Crippen LogP contribution is -2.51. The fraction of sp³-hybridized carbons (Fsp3) is 0.917. The van der Waals surface area contributed by atoms with Gasteiger partial charge in [-0.2, -0.15) is 13.2 Å². The van der Waals surface area contributed by atoms with Crippen LogP contribution in [0.25, 0.3) is 0 Å². The number of carbonyl (C=O) groups excluding carboxylic acids is 1. The fourth-order valence-electron chi connectivity index (χ4n) is 2.63. The van der Waals surface area contributed by atoms with Crippen LogP contribution < -0.4 is 5.32 Å². The molecule has 2 aliphatic rings. The minimum absolute atomic E-state index is 0.140. The maximum absolute atomic E-state index is 12.7. The van der Waals surface area contributed by atoms with Gasteiger partial charge in [0.25, 0.3) is 0 Å². The van der Waals surface area contributed by atoms with Gasteiger partial charge in [0.05, 0.1) is 12.5 Å². The van der Waals surface area contributed by atoms with Crippen LogP contribution in [0.15, 0.2) is 0 Å². The summed E-state index contributed by atoms with van der Waals surface area (Å²) in [7, 11) is 0. The number of hydrogen-bond donors (Lipinski definition) is 1. The van der Waals surface area contributed by atoms with Crippen LogP contribution in [-0.4, -0.2) is 67.7 Å². The van der Waals surface area contributed by atoms with E-state index in [-0.39, 0.29) is 25.4 Å². The van der Waals surface area contributed by atoms with Crippen molar-refractivity contribution in [3.8, 4) is 0 Å². The van der Waals surface area contributed by atoms with Gasteiger partial charge in [-0.1, -0.05) is 0 Å². The Morgan fingerprint density at radius 2 is 1.89 bits per heavy atom. The van der Waals surface area contributed by atoms with Crippen molar-refractivity contribution in [2.45, 2.75) is 19.0 Å². The third kappa shape index (κ3) is 4.07. The molecule has 110 valence electrons. The molecule has 7 heteroatoms. The molecule has 0 aromatic heterocycles. The van der Waals surface area contributed by atoms with Crippen molar-refractivity contribution in [1.29, 1.82) is 0 Å². The van der Waals surface area contributed by atoms with E-state index < -0.39 is 12.1 Å². The summed E-state index contributed by atoms with van der Waals surface area (Å²) in [6.07, 6.45) is -3.60. The number of nitrogens with one attached hydrogen (secondary N) is 1. The fourth-order valence-corrected chi connectivity index (χ4v) is 2.63. The quantitative estimate of drug-likeness (QED) is 0.808. The van der Waals surface area contributed by atoms with Crippen LogP contribution in [0.5, 0.6) is 0 Å². The van der Waals surface area contributed by atoms with Crippen LogP contribution in [0.1, 0.15) is 12.8 Å². The van der Waals surface area contributed by atoms with Crippen LogP contribution in [-0.2, 0) is 4.79 Å². The normalized spacial score (nSPS) is 26.5. The summed E-state index contributed by atoms with van der Waals surface area (Å²) in [5, 5.41) is 3.18. The molecule has 19 heavy (non-hydrogen) atoms. The van der Waals surface area contributed by atoms with E-state index in [0.29, 0.717) is 13.0 Å². The zero-order chi connectivity index (χ0) is 13.9. The van der Waals surface area contributed by atoms with Crippen LogP contribution in [0.2, 0.25) is 0 Å². The molecule has 1 N–H and O–H groups in total. The molecule has 0 aromatic rings. The Bertz CT molecular complexity index is 316. The summed E-state index contributed by atoms with van der Waals surface area (Å²) in [6.45, 7) is 3.75. The van der Waals surface area contributed by atoms with Gasteiger partial charge in [0.15, 0.2) is 0 Å². The number of alkyl halides is 3. The minimum Gasteiger partial charge on any atom is -0.341 e. The zero-order valence-corrected chi connectivity index (χ0v) is 10.9. The van der Waals surface area contributed by atoms with Gasteiger partial charge in [-0.25, -0.2) is 0 Å². The van der Waals surface area contributed by atoms with Gasteiger partial charge < -0.3 is 10.2 Å². The molecule has 2 saturated heterocycles. The summed E-state index contributed by atoms with van der Waals surface area (Å²) in [4.78, 5) is 15.4. The largest absolute Gasteiger partial charge is 0.393 e. The average Bonchev–Trinajstić information content (AvgIpc) is 2.39. The van der Waals surface area contributed by atoms with E-state index in [4.69, 9.17) is 0 Å². The van der Waals surface area contributed by atoms with Crippen molar-refractivity contribution >= 4 is 5.91 Å². The van der Waals surface area contributed by atoms with E-state index in [1.165, 1.54) is 4.90 Å². The molecule has 0 radical (unpaired) electrons. The zero-order valence-electron chi connectivity index (χ0n) is 10.9. The smallest absolute Gasteiger partial charge is 0.341 e. The van der Waals surface area contributed by atoms with E-state index in [9.17, 15) is 18.0 Å². The molecule has 1 unspecified atom stereocenters. The number of hydrogen-bond acceptors (Lipinski definition) is 3. The number of carbonyl (C=O) groups is 1. The van der Waals surface area contributed by atoms with Crippen LogP contribution in [0.4, 0.5) is 13.2 Å². The molecule has 0 saturated carbocycles. The van der Waals surface area contributed by atoms with Crippen molar-refractivity contribution in [2.75, 3.05) is 45.8 Å². The van der Waals surface area contributed by atoms with Crippen molar-refractivity contribution in [3.05, 3.63) is 0 Å². The highest BCUT2D eigenvalue weighted by molar-refractivity contribution is 5.78. The molecule has 0 spiro atoms. The highest BCUT2D eigenvalue weighted by Gasteiger charge is 2.42. The predicted octanol–water partition coefficient (Wildman–Crippen LogP) is 0.692. The van der Waals surface area contributed by atoms with Gasteiger partial charge in [0.1, 0.15) is 0 Å². The molecule has 2 aliphatic heterocycles. The van der Waals surface area contributed by atoms with E-state index in [0.717, 1.165) is 26.2 Å². The molecule has 4 nitrogen and oxygen atoms in total. The number of likely N-dealkylation sites (tertiary alicyclic amines) is 1. The van der Waals surface area contributed by atoms with E-state index in [2.05, 4.69) is 5.32 Å². The molecule has 2 fully saturated rings. The lowest BCUT2D eigenvalue weighted by molar-refractivity contribution is -0.188. The Labute approximate surface area is 110 Å². The number of piperidine rings is 1. The highest BCUT2D eigenvalue weighted by Crippen LogP contribution is 2.33. The maximum atomic E-state index is 12.7. The molecule has 2 rings (SSSR count). The first-order valence-electron chi connectivity index (χ1n) is 6.74. The number of rotatable bonds is 2. The number of nitrogens with zero attached hydrogens (tertiary/aromatic N) is 2. The second-order valence-electron chi connectivity index (χ2n) is 5.25. The maximum Gasteiger partial charge on any atom is 0.393 e. The van der Waals surface area contributed by atoms with Gasteiger partial charge >= 0.3 is 6.18 Å². The lowest BCUT2D eigenvalue weighted by atomic mass is 9.97. The van der Waals surface area contributed by atoms with Crippen molar-refractivity contribution in [3.63, 3.8) is 0 Å². The van der Waals surface area contributed by atoms with Crippen LogP contribution in [0.3, 0.4) is 0 Å². The van der Waals surface area contributed by atoms with E-state index in [1.807, 2.05) is 4.90 Å². The summed E-state index contributed by atoms with van der Waals surface area (Å²) in [6, 6.07) is 0. The number of halogens is 3. The second kappa shape index (κ2) is 6.09. The molecule has 0 aromatic carbocycles. The summed E-state index contributed by atoms with van der Waals surface area (Å²) in [5.74, 6) is -1.52. The van der Waals surface area contributed by atoms with Gasteiger partial charge in [-0.3, -0.25) is 9.69 Å². The van der Waals surface area contributed by atoms with Crippen LogP contribution >= 0.6 is 0 Å². The summed E-state index contributed by atoms with van der Waals surface area (Å²) >= 11 is 0. The number of amides is 1. The lowest BCUT2D eigenvalue weighted by Gasteiger charge is -2.35. The van der Waals surface area contributed by atoms with E-state index in [1.54, 1.807) is 0 Å². The van der Waals surface area contributed by atoms with Gasteiger partial charge in [-0.15, -0.1) is 0 Å². The Balaban J connectivity index is 1.84. The Hall–Kier alpha value is -0.820. The molecular weight excluding hydrogens is 259 g/mol. The average molecular weight is 279 g/mol. The molecular formula is C12H20F3N3O.